The molecule has 0 aliphatic carbocycles. The van der Waals surface area contributed by atoms with Gasteiger partial charge in [-0.05, 0) is 90.3 Å². The Morgan fingerprint density at radius 2 is 1.34 bits per heavy atom. The zero-order chi connectivity index (χ0) is 35.0. The predicted molar refractivity (Wildman–Crippen MR) is 205 cm³/mol. The smallest absolute Gasteiger partial charge is 0.265 e. The second-order valence-electron chi connectivity index (χ2n) is 13.2. The van der Waals surface area contributed by atoms with Crippen LogP contribution in [0.15, 0.2) is 54.7 Å². The van der Waals surface area contributed by atoms with E-state index in [1.165, 1.54) is 87.4 Å². The topological polar surface area (TPSA) is 139 Å². The van der Waals surface area contributed by atoms with Crippen molar-refractivity contribution in [3.8, 4) is 0 Å². The van der Waals surface area contributed by atoms with Gasteiger partial charge in [0, 0.05) is 62.3 Å². The maximum atomic E-state index is 14.7. The van der Waals surface area contributed by atoms with Gasteiger partial charge >= 0.3 is 0 Å². The number of hydrogen-bond donors (Lipinski definition) is 3. The number of para-hydroxylation sites is 2. The number of amides is 4. The minimum absolute atomic E-state index is 0.177. The minimum Gasteiger partial charge on any atom is -0.392 e. The molecular formula is C31H30N6O6S7. The van der Waals surface area contributed by atoms with Crippen LogP contribution in [0.2, 0.25) is 0 Å². The number of aromatic nitrogens is 1. The first-order chi connectivity index (χ1) is 24.0. The van der Waals surface area contributed by atoms with Crippen molar-refractivity contribution < 1.29 is 29.4 Å². The molecule has 1 aromatic heterocycles. The van der Waals surface area contributed by atoms with Gasteiger partial charge < -0.3 is 34.8 Å². The summed E-state index contributed by atoms with van der Waals surface area (Å²) >= 11 is 0. The summed E-state index contributed by atoms with van der Waals surface area (Å²) in [7, 11) is 14.1. The Balaban J connectivity index is 1.25. The van der Waals surface area contributed by atoms with Crippen LogP contribution in [0.3, 0.4) is 0 Å². The van der Waals surface area contributed by atoms with Gasteiger partial charge in [0.2, 0.25) is 9.74 Å². The van der Waals surface area contributed by atoms with Crippen LogP contribution in [0.5, 0.6) is 0 Å². The molecule has 11 rings (SSSR count). The van der Waals surface area contributed by atoms with Crippen LogP contribution in [0.1, 0.15) is 17.5 Å². The molecule has 12 nitrogen and oxygen atoms in total. The number of carbonyl (C=O) groups excluding carboxylic acids is 4. The molecule has 1 unspecified atom stereocenters. The van der Waals surface area contributed by atoms with E-state index in [2.05, 4.69) is 9.88 Å². The molecule has 262 valence electrons. The normalized spacial score (nSPS) is 36.1. The van der Waals surface area contributed by atoms with Crippen LogP contribution in [0.25, 0.3) is 10.9 Å². The third-order valence-electron chi connectivity index (χ3n) is 11.2. The molecule has 4 bridgehead atoms. The van der Waals surface area contributed by atoms with E-state index in [1.807, 2.05) is 54.7 Å². The van der Waals surface area contributed by atoms with E-state index < -0.39 is 44.4 Å². The number of aliphatic hydroxyl groups is 2. The number of nitrogens with zero attached hydrogens (tertiary/aromatic N) is 5. The Hall–Kier alpha value is -1.97. The van der Waals surface area contributed by atoms with Gasteiger partial charge in [0.1, 0.15) is 11.7 Å². The molecule has 9 heterocycles. The Morgan fingerprint density at radius 3 is 2.10 bits per heavy atom. The molecule has 0 radical (unpaired) electrons. The molecular weight excluding hydrogens is 777 g/mol. The van der Waals surface area contributed by atoms with Crippen LogP contribution >= 0.6 is 72.7 Å². The van der Waals surface area contributed by atoms with Gasteiger partial charge in [0.25, 0.3) is 23.6 Å². The molecule has 0 saturated carbocycles. The number of anilines is 1. The maximum Gasteiger partial charge on any atom is 0.265 e. The summed E-state index contributed by atoms with van der Waals surface area (Å²) in [6.45, 7) is -1.03. The average molecular weight is 807 g/mol. The highest BCUT2D eigenvalue weighted by Crippen LogP contribution is 2.69. The highest BCUT2D eigenvalue weighted by atomic mass is 33.7. The summed E-state index contributed by atoms with van der Waals surface area (Å²) < 4.78 is 2.17. The van der Waals surface area contributed by atoms with Crippen molar-refractivity contribution in [3.63, 3.8) is 0 Å². The van der Waals surface area contributed by atoms with Crippen molar-refractivity contribution >= 4 is 113 Å². The molecule has 8 aliphatic heterocycles. The maximum absolute atomic E-state index is 14.7. The fourth-order valence-electron chi connectivity index (χ4n) is 8.49. The number of rotatable bonds is 5. The molecule has 7 fully saturated rings. The number of hydrogen-bond acceptors (Lipinski definition) is 14. The fraction of sp³-hybridized carbons (Fsp3) is 0.419. The molecule has 4 amide bonds. The third-order valence-corrected chi connectivity index (χ3v) is 23.6. The van der Waals surface area contributed by atoms with Crippen LogP contribution in [-0.4, -0.2) is 118 Å². The van der Waals surface area contributed by atoms with Gasteiger partial charge in [-0.15, -0.1) is 0 Å². The summed E-state index contributed by atoms with van der Waals surface area (Å²) in [6, 6.07) is 15.8. The fourth-order valence-corrected chi connectivity index (χ4v) is 22.0. The monoisotopic (exact) mass is 806 g/mol. The lowest BCUT2D eigenvalue weighted by Gasteiger charge is -2.54. The van der Waals surface area contributed by atoms with Crippen molar-refractivity contribution in [3.05, 3.63) is 65.9 Å². The molecule has 8 aliphatic rings. The van der Waals surface area contributed by atoms with E-state index >= 15 is 0 Å². The number of piperazine rings is 2. The zero-order valence-corrected chi connectivity index (χ0v) is 32.4. The quantitative estimate of drug-likeness (QED) is 0.322. The Bertz CT molecular complexity index is 2040. The van der Waals surface area contributed by atoms with Crippen molar-refractivity contribution in [2.45, 2.75) is 44.0 Å². The molecule has 50 heavy (non-hydrogen) atoms. The molecule has 1 spiro atoms. The van der Waals surface area contributed by atoms with E-state index in [1.54, 1.807) is 26.0 Å². The number of nitrogens with one attached hydrogen (secondary N) is 1. The Labute approximate surface area is 313 Å². The highest BCUT2D eigenvalue weighted by molar-refractivity contribution is 9.26. The van der Waals surface area contributed by atoms with Gasteiger partial charge in [-0.3, -0.25) is 24.1 Å². The highest BCUT2D eigenvalue weighted by Gasteiger charge is 2.77. The summed E-state index contributed by atoms with van der Waals surface area (Å²) in [5, 5.41) is 25.6. The van der Waals surface area contributed by atoms with E-state index in [4.69, 9.17) is 0 Å². The SMILES string of the molecule is CN1C(=O)[C@]2(Cc3cn(C45C[C@@]67SSS[C@@](CO)(C(=O)N6[C@H]4Nc4ccccc45)N(C)C7=O)c4ccccc34)SSSS[C@@]1(CO)C(=O)N2C. The van der Waals surface area contributed by atoms with Crippen LogP contribution < -0.4 is 5.32 Å². The lowest BCUT2D eigenvalue weighted by atomic mass is 9.86. The third kappa shape index (κ3) is 3.83. The predicted octanol–water partition coefficient (Wildman–Crippen LogP) is 3.82. The van der Waals surface area contributed by atoms with Gasteiger partial charge in [0.05, 0.1) is 13.2 Å². The zero-order valence-electron chi connectivity index (χ0n) is 26.7. The van der Waals surface area contributed by atoms with E-state index in [0.29, 0.717) is 0 Å². The van der Waals surface area contributed by atoms with Crippen LogP contribution in [0.4, 0.5) is 5.69 Å². The van der Waals surface area contributed by atoms with Crippen molar-refractivity contribution in [1.29, 1.82) is 0 Å². The standard InChI is InChI=1S/C31H30N6O6S7/c1-33-25(42)30(15-38)34(2)23(40)28(33,44-49-50-47-30)12-17-13-36(21-11-7-4-8-18(17)21)27-14-29-24(41)35(3)31(16-39,46-48-45-29)26(43)37(29)22(27)32-20-10-6-5-9-19(20)27/h4-11,13,22,32,38-39H,12,14-16H2,1-3H3/t22-,27?,28+,29+,30+,31+/m1/s1. The number of carbonyl (C=O) groups is 4. The first-order valence-corrected chi connectivity index (χ1v) is 23.9. The number of likely N-dealkylation sites (N-methyl/N-ethyl adjacent to an activating group) is 3. The Kier molecular flexibility index (Phi) is 7.63. The largest absolute Gasteiger partial charge is 0.392 e. The van der Waals surface area contributed by atoms with Gasteiger partial charge in [-0.2, -0.15) is 0 Å². The molecule has 3 N–H and O–H groups in total. The second-order valence-corrected chi connectivity index (χ2v) is 23.8. The van der Waals surface area contributed by atoms with Gasteiger partial charge in [-0.1, -0.05) is 36.4 Å². The summed E-state index contributed by atoms with van der Waals surface area (Å²) in [5.41, 5.74) is 2.49. The van der Waals surface area contributed by atoms with Gasteiger partial charge in [0.15, 0.2) is 9.74 Å². The van der Waals surface area contributed by atoms with Crippen molar-refractivity contribution in [2.24, 2.45) is 0 Å². The molecule has 19 heteroatoms. The first-order valence-electron chi connectivity index (χ1n) is 15.6. The van der Waals surface area contributed by atoms with E-state index in [0.717, 1.165) is 27.7 Å². The van der Waals surface area contributed by atoms with E-state index in [-0.39, 0.29) is 36.5 Å². The average Bonchev–Trinajstić information content (AvgIpc) is 3.69. The van der Waals surface area contributed by atoms with E-state index in [9.17, 15) is 29.4 Å². The Morgan fingerprint density at radius 1 is 0.740 bits per heavy atom. The number of fused-ring (bicyclic) bond motifs is 12. The lowest BCUT2D eigenvalue weighted by molar-refractivity contribution is -0.165. The second kappa shape index (κ2) is 11.3. The first kappa shape index (κ1) is 33.8. The minimum atomic E-state index is -1.47. The lowest BCUT2D eigenvalue weighted by Crippen LogP contribution is -2.74. The molecule has 2 aromatic carbocycles. The summed E-state index contributed by atoms with van der Waals surface area (Å²) in [4.78, 5) is 58.2. The molecule has 7 saturated heterocycles. The summed E-state index contributed by atoms with van der Waals surface area (Å²) in [5.74, 6) is -1.18. The molecule has 6 atom stereocenters. The van der Waals surface area contributed by atoms with Crippen LogP contribution in [0, 0.1) is 0 Å². The number of benzene rings is 2. The molecule has 3 aromatic rings. The van der Waals surface area contributed by atoms with Gasteiger partial charge in [-0.25, -0.2) is 0 Å². The van der Waals surface area contributed by atoms with Crippen molar-refractivity contribution in [1.82, 2.24) is 24.2 Å². The van der Waals surface area contributed by atoms with Crippen molar-refractivity contribution in [2.75, 3.05) is 39.7 Å². The van der Waals surface area contributed by atoms with Crippen LogP contribution in [-0.2, 0) is 31.1 Å². The number of aliphatic hydroxyl groups excluding tert-OH is 2. The summed E-state index contributed by atoms with van der Waals surface area (Å²) in [6.07, 6.45) is 1.78.